The summed E-state index contributed by atoms with van der Waals surface area (Å²) in [5, 5.41) is -0.0148. The van der Waals surface area contributed by atoms with Crippen LogP contribution in [-0.4, -0.2) is 26.6 Å². The molecule has 1 aromatic rings. The normalized spacial score (nSPS) is 25.9. The van der Waals surface area contributed by atoms with Crippen LogP contribution in [0.5, 0.6) is 0 Å². The zero-order valence-electron chi connectivity index (χ0n) is 8.77. The number of benzene rings is 1. The van der Waals surface area contributed by atoms with E-state index in [1.54, 1.807) is 6.07 Å². The van der Waals surface area contributed by atoms with Gasteiger partial charge in [0.15, 0.2) is 9.84 Å². The summed E-state index contributed by atoms with van der Waals surface area (Å²) in [6.45, 7) is 0.557. The summed E-state index contributed by atoms with van der Waals surface area (Å²) >= 11 is 6.07. The minimum Gasteiger partial charge on any atom is -0.256 e. The Morgan fingerprint density at radius 1 is 1.38 bits per heavy atom. The van der Waals surface area contributed by atoms with Crippen molar-refractivity contribution in [3.8, 4) is 0 Å². The van der Waals surface area contributed by atoms with E-state index in [4.69, 9.17) is 11.6 Å². The highest BCUT2D eigenvalue weighted by atomic mass is 35.5. The molecule has 6 heteroatoms. The molecular weight excluding hydrogens is 248 g/mol. The molecule has 4 nitrogen and oxygen atoms in total. The third-order valence-electron chi connectivity index (χ3n) is 2.70. The van der Waals surface area contributed by atoms with Gasteiger partial charge in [0, 0.05) is 23.7 Å². The molecule has 2 atom stereocenters. The molecule has 0 spiro atoms. The van der Waals surface area contributed by atoms with Crippen LogP contribution in [-0.2, 0) is 9.84 Å². The fourth-order valence-corrected chi connectivity index (χ4v) is 3.34. The van der Waals surface area contributed by atoms with Crippen molar-refractivity contribution in [2.45, 2.75) is 11.3 Å². The monoisotopic (exact) mass is 260 g/mol. The van der Waals surface area contributed by atoms with Crippen LogP contribution in [0.25, 0.3) is 0 Å². The van der Waals surface area contributed by atoms with Gasteiger partial charge in [0.25, 0.3) is 0 Å². The topological polar surface area (TPSA) is 58.2 Å². The van der Waals surface area contributed by atoms with Crippen molar-refractivity contribution in [2.75, 3.05) is 12.8 Å². The molecule has 0 bridgehead atoms. The molecule has 16 heavy (non-hydrogen) atoms. The predicted molar refractivity (Wildman–Crippen MR) is 64.0 cm³/mol. The summed E-state index contributed by atoms with van der Waals surface area (Å²) in [5.41, 5.74) is 6.50. The van der Waals surface area contributed by atoms with Gasteiger partial charge in [-0.15, -0.1) is 0 Å². The standard InChI is InChI=1S/C10H13ClN2O2S/c1-16(14,15)10-8(6-12-13-10)7-4-2-3-5-9(7)11/h2-5,8,10,12-13H,6H2,1H3. The second-order valence-electron chi connectivity index (χ2n) is 3.90. The first-order chi connectivity index (χ1) is 7.50. The summed E-state index contributed by atoms with van der Waals surface area (Å²) in [6, 6.07) is 7.32. The summed E-state index contributed by atoms with van der Waals surface area (Å²) < 4.78 is 23.2. The van der Waals surface area contributed by atoms with Crippen LogP contribution >= 0.6 is 11.6 Å². The van der Waals surface area contributed by atoms with E-state index >= 15 is 0 Å². The molecule has 1 saturated heterocycles. The van der Waals surface area contributed by atoms with Gasteiger partial charge in [0.1, 0.15) is 5.37 Å². The highest BCUT2D eigenvalue weighted by Gasteiger charge is 2.36. The molecule has 2 rings (SSSR count). The lowest BCUT2D eigenvalue weighted by atomic mass is 10.0. The Labute approximate surface area is 99.9 Å². The second-order valence-corrected chi connectivity index (χ2v) is 6.48. The van der Waals surface area contributed by atoms with Crippen molar-refractivity contribution in [2.24, 2.45) is 0 Å². The highest BCUT2D eigenvalue weighted by molar-refractivity contribution is 7.91. The van der Waals surface area contributed by atoms with Crippen molar-refractivity contribution in [3.63, 3.8) is 0 Å². The maximum atomic E-state index is 11.6. The lowest BCUT2D eigenvalue weighted by Crippen LogP contribution is -2.37. The molecule has 1 aliphatic heterocycles. The Hall–Kier alpha value is -0.620. The molecule has 0 saturated carbocycles. The van der Waals surface area contributed by atoms with Gasteiger partial charge in [0.2, 0.25) is 0 Å². The molecule has 0 amide bonds. The molecule has 0 radical (unpaired) electrons. The third-order valence-corrected chi connectivity index (χ3v) is 4.41. The molecule has 0 aromatic heterocycles. The van der Waals surface area contributed by atoms with Gasteiger partial charge in [-0.25, -0.2) is 13.8 Å². The van der Waals surface area contributed by atoms with Gasteiger partial charge < -0.3 is 0 Å². The van der Waals surface area contributed by atoms with Crippen molar-refractivity contribution >= 4 is 21.4 Å². The van der Waals surface area contributed by atoms with Crippen LogP contribution in [0.2, 0.25) is 5.02 Å². The Morgan fingerprint density at radius 2 is 2.06 bits per heavy atom. The Bertz CT molecular complexity index is 489. The number of halogens is 1. The van der Waals surface area contributed by atoms with Crippen LogP contribution in [0, 0.1) is 0 Å². The number of nitrogens with one attached hydrogen (secondary N) is 2. The molecule has 1 aliphatic rings. The molecule has 2 unspecified atom stereocenters. The summed E-state index contributed by atoms with van der Waals surface area (Å²) in [6.07, 6.45) is 1.22. The van der Waals surface area contributed by atoms with Crippen LogP contribution in [0.3, 0.4) is 0 Å². The minimum absolute atomic E-state index is 0.149. The first-order valence-electron chi connectivity index (χ1n) is 4.92. The quantitative estimate of drug-likeness (QED) is 0.830. The van der Waals surface area contributed by atoms with E-state index in [-0.39, 0.29) is 5.92 Å². The smallest absolute Gasteiger partial charge is 0.165 e. The number of sulfone groups is 1. The van der Waals surface area contributed by atoms with E-state index in [0.29, 0.717) is 11.6 Å². The Balaban J connectivity index is 2.38. The first-order valence-corrected chi connectivity index (χ1v) is 7.25. The summed E-state index contributed by atoms with van der Waals surface area (Å²) in [7, 11) is -3.15. The average molecular weight is 261 g/mol. The van der Waals surface area contributed by atoms with Crippen LogP contribution in [0.4, 0.5) is 0 Å². The SMILES string of the molecule is CS(=O)(=O)C1NNCC1c1ccccc1Cl. The van der Waals surface area contributed by atoms with Gasteiger partial charge in [0.05, 0.1) is 0 Å². The molecular formula is C10H13ClN2O2S. The fourth-order valence-electron chi connectivity index (χ4n) is 1.93. The van der Waals surface area contributed by atoms with Gasteiger partial charge in [-0.05, 0) is 11.6 Å². The molecule has 2 N–H and O–H groups in total. The predicted octanol–water partition coefficient (Wildman–Crippen LogP) is 0.902. The van der Waals surface area contributed by atoms with Gasteiger partial charge >= 0.3 is 0 Å². The maximum Gasteiger partial charge on any atom is 0.165 e. The Morgan fingerprint density at radius 3 is 2.69 bits per heavy atom. The van der Waals surface area contributed by atoms with Gasteiger partial charge in [-0.3, -0.25) is 5.43 Å². The lowest BCUT2D eigenvalue weighted by molar-refractivity contribution is 0.558. The number of hydrazine groups is 1. The third kappa shape index (κ3) is 2.22. The van der Waals surface area contributed by atoms with E-state index in [1.165, 1.54) is 6.26 Å². The highest BCUT2D eigenvalue weighted by Crippen LogP contribution is 2.30. The van der Waals surface area contributed by atoms with E-state index in [1.807, 2.05) is 18.2 Å². The average Bonchev–Trinajstić information content (AvgIpc) is 2.66. The fraction of sp³-hybridized carbons (Fsp3) is 0.400. The van der Waals surface area contributed by atoms with E-state index < -0.39 is 15.2 Å². The largest absolute Gasteiger partial charge is 0.256 e. The van der Waals surface area contributed by atoms with E-state index in [9.17, 15) is 8.42 Å². The number of rotatable bonds is 2. The zero-order valence-corrected chi connectivity index (χ0v) is 10.3. The minimum atomic E-state index is -3.15. The van der Waals surface area contributed by atoms with Crippen LogP contribution in [0.1, 0.15) is 11.5 Å². The van der Waals surface area contributed by atoms with Crippen molar-refractivity contribution in [1.29, 1.82) is 0 Å². The molecule has 1 aromatic carbocycles. The van der Waals surface area contributed by atoms with Crippen LogP contribution < -0.4 is 10.9 Å². The van der Waals surface area contributed by atoms with Crippen molar-refractivity contribution in [1.82, 2.24) is 10.9 Å². The zero-order chi connectivity index (χ0) is 11.8. The molecule has 1 heterocycles. The number of hydrogen-bond acceptors (Lipinski definition) is 4. The Kier molecular flexibility index (Phi) is 3.21. The summed E-state index contributed by atoms with van der Waals surface area (Å²) in [5.74, 6) is -0.149. The molecule has 88 valence electrons. The second kappa shape index (κ2) is 4.33. The van der Waals surface area contributed by atoms with Crippen molar-refractivity contribution in [3.05, 3.63) is 34.9 Å². The van der Waals surface area contributed by atoms with E-state index in [0.717, 1.165) is 5.56 Å². The van der Waals surface area contributed by atoms with Gasteiger partial charge in [-0.1, -0.05) is 29.8 Å². The lowest BCUT2D eigenvalue weighted by Gasteiger charge is -2.17. The first kappa shape index (κ1) is 11.9. The van der Waals surface area contributed by atoms with E-state index in [2.05, 4.69) is 10.9 Å². The van der Waals surface area contributed by atoms with Crippen molar-refractivity contribution < 1.29 is 8.42 Å². The summed E-state index contributed by atoms with van der Waals surface area (Å²) in [4.78, 5) is 0. The van der Waals surface area contributed by atoms with Gasteiger partial charge in [-0.2, -0.15) is 0 Å². The number of hydrogen-bond donors (Lipinski definition) is 2. The maximum absolute atomic E-state index is 11.6. The van der Waals surface area contributed by atoms with Crippen LogP contribution in [0.15, 0.2) is 24.3 Å². The molecule has 1 fully saturated rings. The molecule has 0 aliphatic carbocycles.